The van der Waals surface area contributed by atoms with E-state index in [2.05, 4.69) is 123 Å². The van der Waals surface area contributed by atoms with Gasteiger partial charge < -0.3 is 0 Å². The van der Waals surface area contributed by atoms with Crippen molar-refractivity contribution in [3.63, 3.8) is 0 Å². The number of allylic oxidation sites excluding steroid dienone is 2. The van der Waals surface area contributed by atoms with Crippen LogP contribution in [0.4, 0.5) is 0 Å². The molecule has 1 saturated carbocycles. The largest absolute Gasteiger partial charge is 0.135 e. The molecule has 0 amide bonds. The minimum atomic E-state index is -0.138. The van der Waals surface area contributed by atoms with Crippen LogP contribution in [0.3, 0.4) is 0 Å². The quantitative estimate of drug-likeness (QED) is 0.175. The zero-order chi connectivity index (χ0) is 28.9. The SMILES string of the molecule is CC1=CC2(c3ccc(-c4ccc5sc6ccccc6c5c4)cc3-c3c(Cl)cc(-c4ccccc4)cc32)C2CC(C)CC1C2. The maximum absolute atomic E-state index is 7.36. The van der Waals surface area contributed by atoms with Gasteiger partial charge in [0.25, 0.3) is 0 Å². The summed E-state index contributed by atoms with van der Waals surface area (Å²) in [5, 5.41) is 3.55. The second-order valence-electron chi connectivity index (χ2n) is 13.3. The fourth-order valence-corrected chi connectivity index (χ4v) is 10.3. The van der Waals surface area contributed by atoms with Gasteiger partial charge in [0.05, 0.1) is 0 Å². The normalized spacial score (nSPS) is 23.9. The first kappa shape index (κ1) is 25.8. The Morgan fingerprint density at radius 2 is 1.44 bits per heavy atom. The number of halogens is 1. The number of hydrogen-bond donors (Lipinski definition) is 0. The molecule has 4 unspecified atom stereocenters. The summed E-state index contributed by atoms with van der Waals surface area (Å²) in [6.07, 6.45) is 6.51. The van der Waals surface area contributed by atoms with Gasteiger partial charge in [-0.15, -0.1) is 11.3 Å². The van der Waals surface area contributed by atoms with Crippen molar-refractivity contribution in [1.82, 2.24) is 0 Å². The molecule has 210 valence electrons. The first-order valence-electron chi connectivity index (χ1n) is 15.6. The minimum absolute atomic E-state index is 0.138. The van der Waals surface area contributed by atoms with Crippen molar-refractivity contribution in [3.8, 4) is 33.4 Å². The van der Waals surface area contributed by atoms with Gasteiger partial charge in [-0.3, -0.25) is 0 Å². The summed E-state index contributed by atoms with van der Waals surface area (Å²) in [5.41, 5.74) is 11.8. The van der Waals surface area contributed by atoms with Crippen LogP contribution in [-0.2, 0) is 5.41 Å². The van der Waals surface area contributed by atoms with Gasteiger partial charge in [-0.05, 0) is 119 Å². The summed E-state index contributed by atoms with van der Waals surface area (Å²) in [6.45, 7) is 4.85. The third kappa shape index (κ3) is 3.74. The molecule has 0 nitrogen and oxygen atoms in total. The summed E-state index contributed by atoms with van der Waals surface area (Å²) in [6, 6.07) is 38.4. The molecule has 2 bridgehead atoms. The Morgan fingerprint density at radius 1 is 0.674 bits per heavy atom. The fraction of sp³-hybridized carbons (Fsp3) is 0.220. The lowest BCUT2D eigenvalue weighted by atomic mass is 9.55. The van der Waals surface area contributed by atoms with E-state index in [-0.39, 0.29) is 5.41 Å². The lowest BCUT2D eigenvalue weighted by molar-refractivity contribution is 0.168. The van der Waals surface area contributed by atoms with Crippen molar-refractivity contribution in [2.45, 2.75) is 38.5 Å². The summed E-state index contributed by atoms with van der Waals surface area (Å²) < 4.78 is 2.69. The minimum Gasteiger partial charge on any atom is -0.135 e. The predicted molar refractivity (Wildman–Crippen MR) is 185 cm³/mol. The van der Waals surface area contributed by atoms with Crippen molar-refractivity contribution < 1.29 is 0 Å². The standard InChI is InChI=1S/C41H33ClS/c1-24-16-29-18-31(17-24)41(23-25(29)2)35-14-12-27(28-13-15-39-33(19-28)32-10-6-7-11-38(32)43-39)20-34(35)40-36(41)21-30(22-37(40)42)26-8-4-3-5-9-26/h3-15,19-24,29,31H,16-18H2,1-2H3. The Kier molecular flexibility index (Phi) is 5.66. The summed E-state index contributed by atoms with van der Waals surface area (Å²) in [5.74, 6) is 2.01. The van der Waals surface area contributed by atoms with Crippen molar-refractivity contribution in [2.24, 2.45) is 17.8 Å². The number of rotatable bonds is 2. The highest BCUT2D eigenvalue weighted by atomic mass is 35.5. The van der Waals surface area contributed by atoms with Crippen molar-refractivity contribution in [1.29, 1.82) is 0 Å². The molecule has 0 radical (unpaired) electrons. The van der Waals surface area contributed by atoms with E-state index in [4.69, 9.17) is 11.6 Å². The highest BCUT2D eigenvalue weighted by Crippen LogP contribution is 2.63. The van der Waals surface area contributed by atoms with Gasteiger partial charge in [0, 0.05) is 36.2 Å². The second kappa shape index (κ2) is 9.42. The smallest absolute Gasteiger partial charge is 0.0493 e. The number of thiophene rings is 1. The lowest BCUT2D eigenvalue weighted by Gasteiger charge is -2.49. The molecule has 1 aromatic heterocycles. The fourth-order valence-electron chi connectivity index (χ4n) is 8.88. The van der Waals surface area contributed by atoms with Gasteiger partial charge in [-0.1, -0.05) is 96.9 Å². The Bertz CT molecular complexity index is 2120. The van der Waals surface area contributed by atoms with E-state index in [1.54, 1.807) is 5.57 Å². The van der Waals surface area contributed by atoms with Crippen LogP contribution in [-0.4, -0.2) is 0 Å². The van der Waals surface area contributed by atoms with E-state index in [1.807, 2.05) is 11.3 Å². The van der Waals surface area contributed by atoms with Crippen LogP contribution in [0.1, 0.15) is 44.2 Å². The molecule has 1 heterocycles. The Balaban J connectivity index is 1.29. The van der Waals surface area contributed by atoms with E-state index >= 15 is 0 Å². The molecule has 4 atom stereocenters. The third-order valence-corrected chi connectivity index (χ3v) is 12.2. The summed E-state index contributed by atoms with van der Waals surface area (Å²) >= 11 is 9.24. The van der Waals surface area contributed by atoms with Gasteiger partial charge in [0.15, 0.2) is 0 Å². The molecule has 0 N–H and O–H groups in total. The van der Waals surface area contributed by atoms with Crippen LogP contribution in [0.15, 0.2) is 115 Å². The molecule has 9 rings (SSSR count). The van der Waals surface area contributed by atoms with Gasteiger partial charge in [0.2, 0.25) is 0 Å². The molecule has 0 aliphatic heterocycles. The maximum atomic E-state index is 7.36. The van der Waals surface area contributed by atoms with Gasteiger partial charge in [-0.2, -0.15) is 0 Å². The molecule has 0 saturated heterocycles. The van der Waals surface area contributed by atoms with Crippen LogP contribution in [0, 0.1) is 17.8 Å². The molecular weight excluding hydrogens is 560 g/mol. The molecule has 2 heteroatoms. The van der Waals surface area contributed by atoms with Gasteiger partial charge in [0.1, 0.15) is 0 Å². The zero-order valence-electron chi connectivity index (χ0n) is 24.5. The van der Waals surface area contributed by atoms with Crippen LogP contribution < -0.4 is 0 Å². The van der Waals surface area contributed by atoms with E-state index in [0.29, 0.717) is 11.8 Å². The molecule has 6 aromatic rings. The zero-order valence-corrected chi connectivity index (χ0v) is 26.1. The monoisotopic (exact) mass is 592 g/mol. The second-order valence-corrected chi connectivity index (χ2v) is 14.8. The highest BCUT2D eigenvalue weighted by Gasteiger charge is 2.52. The first-order valence-corrected chi connectivity index (χ1v) is 16.8. The summed E-state index contributed by atoms with van der Waals surface area (Å²) in [4.78, 5) is 0. The topological polar surface area (TPSA) is 0 Å². The number of fused-ring (bicyclic) bond motifs is 11. The van der Waals surface area contributed by atoms with E-state index in [9.17, 15) is 0 Å². The van der Waals surface area contributed by atoms with Gasteiger partial charge in [-0.25, -0.2) is 0 Å². The molecule has 1 fully saturated rings. The molecule has 43 heavy (non-hydrogen) atoms. The summed E-state index contributed by atoms with van der Waals surface area (Å²) in [7, 11) is 0. The molecule has 3 aliphatic rings. The predicted octanol–water partition coefficient (Wildman–Crippen LogP) is 12.3. The first-order chi connectivity index (χ1) is 21.0. The van der Waals surface area contributed by atoms with Crippen molar-refractivity contribution in [2.75, 3.05) is 0 Å². The Morgan fingerprint density at radius 3 is 2.33 bits per heavy atom. The van der Waals surface area contributed by atoms with E-state index in [0.717, 1.165) is 10.9 Å². The van der Waals surface area contributed by atoms with E-state index < -0.39 is 0 Å². The van der Waals surface area contributed by atoms with Crippen LogP contribution in [0.2, 0.25) is 5.02 Å². The average molecular weight is 593 g/mol. The van der Waals surface area contributed by atoms with Crippen LogP contribution in [0.25, 0.3) is 53.6 Å². The molecule has 5 aromatic carbocycles. The van der Waals surface area contributed by atoms with Gasteiger partial charge >= 0.3 is 0 Å². The maximum Gasteiger partial charge on any atom is 0.0493 e. The molecule has 1 spiro atoms. The molecular formula is C41H33ClS. The highest BCUT2D eigenvalue weighted by molar-refractivity contribution is 7.25. The van der Waals surface area contributed by atoms with Crippen LogP contribution >= 0.6 is 22.9 Å². The van der Waals surface area contributed by atoms with Crippen LogP contribution in [0.5, 0.6) is 0 Å². The van der Waals surface area contributed by atoms with E-state index in [1.165, 1.54) is 83.9 Å². The third-order valence-electron chi connectivity index (χ3n) is 10.8. The number of hydrogen-bond acceptors (Lipinski definition) is 1. The Labute approximate surface area is 262 Å². The average Bonchev–Trinajstić information content (AvgIpc) is 3.53. The Hall–Kier alpha value is -3.65. The number of benzene rings is 5. The van der Waals surface area contributed by atoms with Crippen molar-refractivity contribution in [3.05, 3.63) is 131 Å². The lowest BCUT2D eigenvalue weighted by Crippen LogP contribution is -2.42. The van der Waals surface area contributed by atoms with Crippen molar-refractivity contribution >= 4 is 43.1 Å². The molecule has 3 aliphatic carbocycles.